The molecule has 6 heteroatoms. The van der Waals surface area contributed by atoms with E-state index in [-0.39, 0.29) is 11.8 Å². The Balaban J connectivity index is 2.07. The topological polar surface area (TPSA) is 59.1 Å². The molecular formula is C19H24N2O4. The molecule has 134 valence electrons. The molecule has 0 bridgehead atoms. The largest absolute Gasteiger partial charge is 0.496 e. The molecular weight excluding hydrogens is 320 g/mol. The minimum Gasteiger partial charge on any atom is -0.496 e. The predicted molar refractivity (Wildman–Crippen MR) is 93.9 cm³/mol. The van der Waals surface area contributed by atoms with Gasteiger partial charge in [0, 0.05) is 25.2 Å². The molecule has 0 aliphatic carbocycles. The van der Waals surface area contributed by atoms with Gasteiger partial charge in [-0.1, -0.05) is 31.5 Å². The third-order valence-electron chi connectivity index (χ3n) is 4.58. The number of carbonyl (C=O) groups is 2. The van der Waals surface area contributed by atoms with Gasteiger partial charge < -0.3 is 14.4 Å². The number of morpholine rings is 1. The second-order valence-electron chi connectivity index (χ2n) is 6.14. The fraction of sp³-hybridized carbons (Fsp3) is 0.474. The molecule has 2 heterocycles. The van der Waals surface area contributed by atoms with Crippen LogP contribution >= 0.6 is 0 Å². The number of benzene rings is 1. The highest BCUT2D eigenvalue weighted by Gasteiger charge is 2.42. The van der Waals surface area contributed by atoms with Gasteiger partial charge in [-0.15, -0.1) is 0 Å². The summed E-state index contributed by atoms with van der Waals surface area (Å²) in [5.74, 6) is 0.160. The first-order chi connectivity index (χ1) is 12.2. The lowest BCUT2D eigenvalue weighted by molar-refractivity contribution is -0.137. The minimum absolute atomic E-state index is 0.207. The lowest BCUT2D eigenvalue weighted by Crippen LogP contribution is -2.40. The lowest BCUT2D eigenvalue weighted by atomic mass is 10.0. The molecule has 2 amide bonds. The molecule has 0 aromatic heterocycles. The van der Waals surface area contributed by atoms with Gasteiger partial charge in [0.25, 0.3) is 11.8 Å². The normalized spacial score (nSPS) is 18.3. The van der Waals surface area contributed by atoms with Crippen LogP contribution in [0.15, 0.2) is 30.0 Å². The summed E-state index contributed by atoms with van der Waals surface area (Å²) in [5, 5.41) is 0. The van der Waals surface area contributed by atoms with E-state index in [4.69, 9.17) is 9.47 Å². The fourth-order valence-corrected chi connectivity index (χ4v) is 3.26. The zero-order valence-electron chi connectivity index (χ0n) is 14.8. The summed E-state index contributed by atoms with van der Waals surface area (Å²) in [7, 11) is 1.57. The average Bonchev–Trinajstić information content (AvgIpc) is 2.90. The van der Waals surface area contributed by atoms with Crippen molar-refractivity contribution in [1.82, 2.24) is 9.80 Å². The highest BCUT2D eigenvalue weighted by molar-refractivity contribution is 6.36. The molecule has 25 heavy (non-hydrogen) atoms. The lowest BCUT2D eigenvalue weighted by Gasteiger charge is -2.29. The fourth-order valence-electron chi connectivity index (χ4n) is 3.26. The maximum absolute atomic E-state index is 13.1. The molecule has 3 rings (SSSR count). The van der Waals surface area contributed by atoms with Crippen LogP contribution in [0.3, 0.4) is 0 Å². The maximum atomic E-state index is 13.1. The highest BCUT2D eigenvalue weighted by atomic mass is 16.5. The van der Waals surface area contributed by atoms with E-state index in [0.717, 1.165) is 12.8 Å². The van der Waals surface area contributed by atoms with Gasteiger partial charge in [0.2, 0.25) is 0 Å². The van der Waals surface area contributed by atoms with E-state index in [1.807, 2.05) is 36.1 Å². The van der Waals surface area contributed by atoms with Crippen LogP contribution in [0.5, 0.6) is 5.75 Å². The van der Waals surface area contributed by atoms with Crippen molar-refractivity contribution >= 4 is 17.4 Å². The smallest absolute Gasteiger partial charge is 0.277 e. The van der Waals surface area contributed by atoms with Crippen LogP contribution in [0.25, 0.3) is 5.57 Å². The number of hydrogen-bond donors (Lipinski definition) is 0. The van der Waals surface area contributed by atoms with Crippen molar-refractivity contribution in [3.8, 4) is 5.75 Å². The number of para-hydroxylation sites is 1. The maximum Gasteiger partial charge on any atom is 0.277 e. The third kappa shape index (κ3) is 3.26. The summed E-state index contributed by atoms with van der Waals surface area (Å²) in [6.07, 6.45) is 1.72. The number of rotatable bonds is 6. The van der Waals surface area contributed by atoms with Gasteiger partial charge >= 0.3 is 0 Å². The summed E-state index contributed by atoms with van der Waals surface area (Å²) >= 11 is 0. The standard InChI is InChI=1S/C19H24N2O4/c1-3-4-9-21-18(22)16(14-7-5-6-8-15(14)24-2)17(19(21)23)20-10-12-25-13-11-20/h5-8H,3-4,9-13H2,1-2H3. The molecule has 0 N–H and O–H groups in total. The number of carbonyl (C=O) groups excluding carboxylic acids is 2. The molecule has 2 aliphatic rings. The van der Waals surface area contributed by atoms with Crippen molar-refractivity contribution in [3.63, 3.8) is 0 Å². The number of unbranched alkanes of at least 4 members (excludes halogenated alkanes) is 1. The molecule has 1 fully saturated rings. The van der Waals surface area contributed by atoms with Crippen molar-refractivity contribution in [1.29, 1.82) is 0 Å². The van der Waals surface area contributed by atoms with Crippen molar-refractivity contribution in [2.45, 2.75) is 19.8 Å². The van der Waals surface area contributed by atoms with Crippen molar-refractivity contribution in [3.05, 3.63) is 35.5 Å². The van der Waals surface area contributed by atoms with Crippen molar-refractivity contribution in [2.75, 3.05) is 40.0 Å². The van der Waals surface area contributed by atoms with E-state index in [1.54, 1.807) is 7.11 Å². The van der Waals surface area contributed by atoms with Crippen LogP contribution in [-0.2, 0) is 14.3 Å². The van der Waals surface area contributed by atoms with Crippen LogP contribution in [-0.4, -0.2) is 61.6 Å². The van der Waals surface area contributed by atoms with Crippen LogP contribution in [0, 0.1) is 0 Å². The molecule has 6 nitrogen and oxygen atoms in total. The number of imide groups is 1. The Bertz CT molecular complexity index is 692. The quantitative estimate of drug-likeness (QED) is 0.738. The van der Waals surface area contributed by atoms with E-state index >= 15 is 0 Å². The van der Waals surface area contributed by atoms with Gasteiger partial charge in [-0.25, -0.2) is 0 Å². The van der Waals surface area contributed by atoms with Gasteiger partial charge in [-0.05, 0) is 12.5 Å². The second kappa shape index (κ2) is 7.70. The summed E-state index contributed by atoms with van der Waals surface area (Å²) in [6, 6.07) is 7.36. The summed E-state index contributed by atoms with van der Waals surface area (Å²) in [6.45, 7) is 4.81. The summed E-state index contributed by atoms with van der Waals surface area (Å²) < 4.78 is 10.8. The van der Waals surface area contributed by atoms with Gasteiger partial charge in [0.05, 0.1) is 25.9 Å². The zero-order chi connectivity index (χ0) is 17.8. The Morgan fingerprint density at radius 2 is 1.84 bits per heavy atom. The SMILES string of the molecule is CCCCN1C(=O)C(c2ccccc2OC)=C(N2CCOCC2)C1=O. The van der Waals surface area contributed by atoms with Crippen LogP contribution in [0.1, 0.15) is 25.3 Å². The van der Waals surface area contributed by atoms with Gasteiger partial charge in [-0.2, -0.15) is 0 Å². The van der Waals surface area contributed by atoms with Crippen molar-refractivity contribution < 1.29 is 19.1 Å². The van der Waals surface area contributed by atoms with Crippen LogP contribution in [0.2, 0.25) is 0 Å². The minimum atomic E-state index is -0.232. The Morgan fingerprint density at radius 1 is 1.12 bits per heavy atom. The third-order valence-corrected chi connectivity index (χ3v) is 4.58. The molecule has 0 spiro atoms. The van der Waals surface area contributed by atoms with E-state index in [0.29, 0.717) is 55.4 Å². The molecule has 0 unspecified atom stereocenters. The first-order valence-electron chi connectivity index (χ1n) is 8.75. The number of ether oxygens (including phenoxy) is 2. The Morgan fingerprint density at radius 3 is 2.52 bits per heavy atom. The molecule has 1 aromatic rings. The summed E-state index contributed by atoms with van der Waals surface area (Å²) in [5.41, 5.74) is 1.60. The zero-order valence-corrected chi connectivity index (χ0v) is 14.8. The Labute approximate surface area is 148 Å². The average molecular weight is 344 g/mol. The predicted octanol–water partition coefficient (Wildman–Crippen LogP) is 1.91. The van der Waals surface area contributed by atoms with E-state index in [1.165, 1.54) is 4.90 Å². The molecule has 2 aliphatic heterocycles. The number of nitrogens with zero attached hydrogens (tertiary/aromatic N) is 2. The Kier molecular flexibility index (Phi) is 5.38. The molecule has 1 aromatic carbocycles. The van der Waals surface area contributed by atoms with Gasteiger partial charge in [0.1, 0.15) is 11.4 Å². The van der Waals surface area contributed by atoms with Gasteiger partial charge in [0.15, 0.2) is 0 Å². The molecule has 0 atom stereocenters. The van der Waals surface area contributed by atoms with Crippen LogP contribution < -0.4 is 4.74 Å². The van der Waals surface area contributed by atoms with E-state index in [2.05, 4.69) is 0 Å². The monoisotopic (exact) mass is 344 g/mol. The molecule has 0 radical (unpaired) electrons. The second-order valence-corrected chi connectivity index (χ2v) is 6.14. The number of amides is 2. The van der Waals surface area contributed by atoms with Crippen molar-refractivity contribution in [2.24, 2.45) is 0 Å². The van der Waals surface area contributed by atoms with Crippen LogP contribution in [0.4, 0.5) is 0 Å². The van der Waals surface area contributed by atoms with E-state index < -0.39 is 0 Å². The first kappa shape index (κ1) is 17.5. The summed E-state index contributed by atoms with van der Waals surface area (Å²) in [4.78, 5) is 29.4. The van der Waals surface area contributed by atoms with Gasteiger partial charge in [-0.3, -0.25) is 14.5 Å². The number of hydrogen-bond acceptors (Lipinski definition) is 5. The first-order valence-corrected chi connectivity index (χ1v) is 8.75. The number of methoxy groups -OCH3 is 1. The highest BCUT2D eigenvalue weighted by Crippen LogP contribution is 2.36. The molecule has 0 saturated carbocycles. The Hall–Kier alpha value is -2.34. The molecule has 1 saturated heterocycles. The van der Waals surface area contributed by atoms with E-state index in [9.17, 15) is 9.59 Å².